The summed E-state index contributed by atoms with van der Waals surface area (Å²) in [5.41, 5.74) is 3.40. The van der Waals surface area contributed by atoms with Crippen molar-refractivity contribution in [1.82, 2.24) is 25.1 Å². The van der Waals surface area contributed by atoms with Gasteiger partial charge in [0.05, 0.1) is 31.5 Å². The first-order chi connectivity index (χ1) is 13.3. The quantitative estimate of drug-likeness (QED) is 0.536. The van der Waals surface area contributed by atoms with E-state index in [4.69, 9.17) is 14.0 Å². The predicted octanol–water partition coefficient (Wildman–Crippen LogP) is 3.34. The zero-order chi connectivity index (χ0) is 18.2. The first-order valence-electron chi connectivity index (χ1n) is 8.36. The molecule has 1 aliphatic heterocycles. The largest absolute Gasteiger partial charge is 0.497 e. The molecule has 1 aliphatic rings. The van der Waals surface area contributed by atoms with Gasteiger partial charge >= 0.3 is 0 Å². The second-order valence-corrected chi connectivity index (χ2v) is 6.85. The molecule has 0 bridgehead atoms. The fourth-order valence-corrected chi connectivity index (χ4v) is 3.66. The zero-order valence-corrected chi connectivity index (χ0v) is 15.2. The summed E-state index contributed by atoms with van der Waals surface area (Å²) in [5.74, 6) is 1.71. The Hall–Kier alpha value is -3.04. The van der Waals surface area contributed by atoms with E-state index in [1.54, 1.807) is 18.4 Å². The van der Waals surface area contributed by atoms with E-state index >= 15 is 0 Å². The number of ether oxygens (including phenoxy) is 2. The minimum Gasteiger partial charge on any atom is -0.497 e. The summed E-state index contributed by atoms with van der Waals surface area (Å²) in [4.78, 5) is 4.44. The normalized spacial score (nSPS) is 16.3. The molecule has 0 spiro atoms. The molecule has 0 saturated carbocycles. The Morgan fingerprint density at radius 2 is 2.11 bits per heavy atom. The lowest BCUT2D eigenvalue weighted by molar-refractivity contribution is -0.00114. The van der Waals surface area contributed by atoms with Crippen LogP contribution in [0.25, 0.3) is 23.0 Å². The van der Waals surface area contributed by atoms with Gasteiger partial charge in [0, 0.05) is 5.38 Å². The van der Waals surface area contributed by atoms with Gasteiger partial charge in [-0.2, -0.15) is 16.3 Å². The zero-order valence-electron chi connectivity index (χ0n) is 14.4. The Bertz CT molecular complexity index is 1060. The number of benzene rings is 1. The molecule has 0 saturated heterocycles. The summed E-state index contributed by atoms with van der Waals surface area (Å²) in [7, 11) is 1.65. The molecule has 27 heavy (non-hydrogen) atoms. The summed E-state index contributed by atoms with van der Waals surface area (Å²) in [5, 5.41) is 16.5. The highest BCUT2D eigenvalue weighted by atomic mass is 32.1. The van der Waals surface area contributed by atoms with Gasteiger partial charge in [-0.15, -0.1) is 5.10 Å². The number of hydrogen-bond acceptors (Lipinski definition) is 8. The van der Waals surface area contributed by atoms with Crippen molar-refractivity contribution in [3.8, 4) is 28.7 Å². The van der Waals surface area contributed by atoms with Crippen molar-refractivity contribution >= 4 is 11.3 Å². The molecular formula is C18H15N5O3S. The van der Waals surface area contributed by atoms with Gasteiger partial charge in [-0.05, 0) is 29.1 Å². The Morgan fingerprint density at radius 3 is 2.89 bits per heavy atom. The van der Waals surface area contributed by atoms with E-state index in [-0.39, 0.29) is 6.10 Å². The Labute approximate surface area is 158 Å². The second-order valence-electron chi connectivity index (χ2n) is 6.07. The topological polar surface area (TPSA) is 88.1 Å². The molecule has 1 atom stereocenters. The summed E-state index contributed by atoms with van der Waals surface area (Å²) in [6, 6.07) is 9.78. The third kappa shape index (κ3) is 2.90. The first kappa shape index (κ1) is 16.2. The maximum Gasteiger partial charge on any atom is 0.259 e. The fraction of sp³-hybridized carbons (Fsp3) is 0.222. The van der Waals surface area contributed by atoms with E-state index in [0.717, 1.165) is 22.6 Å². The highest BCUT2D eigenvalue weighted by Crippen LogP contribution is 2.31. The van der Waals surface area contributed by atoms with Crippen LogP contribution in [0.4, 0.5) is 0 Å². The molecule has 1 aromatic carbocycles. The highest BCUT2D eigenvalue weighted by molar-refractivity contribution is 7.08. The average Bonchev–Trinajstić information content (AvgIpc) is 3.46. The fourth-order valence-electron chi connectivity index (χ4n) is 3.03. The summed E-state index contributed by atoms with van der Waals surface area (Å²) in [6.45, 7) is 0.950. The number of fused-ring (bicyclic) bond motifs is 1. The number of rotatable bonds is 4. The third-order valence-electron chi connectivity index (χ3n) is 4.49. The Balaban J connectivity index is 1.40. The van der Waals surface area contributed by atoms with Gasteiger partial charge in [-0.1, -0.05) is 22.5 Å². The van der Waals surface area contributed by atoms with Crippen LogP contribution in [0.3, 0.4) is 0 Å². The van der Waals surface area contributed by atoms with Crippen LogP contribution in [0, 0.1) is 0 Å². The molecule has 136 valence electrons. The summed E-state index contributed by atoms with van der Waals surface area (Å²) in [6.07, 6.45) is -0.0930. The third-order valence-corrected chi connectivity index (χ3v) is 5.17. The van der Waals surface area contributed by atoms with E-state index in [0.29, 0.717) is 30.6 Å². The van der Waals surface area contributed by atoms with E-state index in [1.807, 2.05) is 45.8 Å². The van der Waals surface area contributed by atoms with Crippen molar-refractivity contribution in [3.05, 3.63) is 52.3 Å². The lowest BCUT2D eigenvalue weighted by atomic mass is 10.1. The minimum absolute atomic E-state index is 0.0930. The summed E-state index contributed by atoms with van der Waals surface area (Å²) < 4.78 is 18.4. The second kappa shape index (κ2) is 6.60. The number of hydrogen-bond donors (Lipinski definition) is 0. The van der Waals surface area contributed by atoms with E-state index in [9.17, 15) is 0 Å². The van der Waals surface area contributed by atoms with Crippen LogP contribution in [0.2, 0.25) is 0 Å². The molecule has 0 amide bonds. The minimum atomic E-state index is -0.0930. The molecule has 3 aromatic heterocycles. The van der Waals surface area contributed by atoms with E-state index in [2.05, 4.69) is 20.5 Å². The van der Waals surface area contributed by atoms with Crippen LogP contribution < -0.4 is 4.74 Å². The number of methoxy groups -OCH3 is 1. The van der Waals surface area contributed by atoms with Gasteiger partial charge in [-0.25, -0.2) is 4.68 Å². The average molecular weight is 381 g/mol. The van der Waals surface area contributed by atoms with Gasteiger partial charge in [0.25, 0.3) is 5.89 Å². The lowest BCUT2D eigenvalue weighted by Gasteiger charge is -2.24. The molecule has 9 heteroatoms. The molecule has 0 radical (unpaired) electrons. The molecule has 4 aromatic rings. The monoisotopic (exact) mass is 381 g/mol. The Kier molecular flexibility index (Phi) is 3.95. The van der Waals surface area contributed by atoms with Crippen molar-refractivity contribution in [1.29, 1.82) is 0 Å². The van der Waals surface area contributed by atoms with Crippen molar-refractivity contribution in [3.63, 3.8) is 0 Å². The number of nitrogens with zero attached hydrogens (tertiary/aromatic N) is 5. The lowest BCUT2D eigenvalue weighted by Crippen LogP contribution is -2.22. The SMILES string of the molecule is COc1ccc([C@H]2Cn3nnc(-c4noc(-c5ccsc5)n4)c3CO2)cc1. The summed E-state index contributed by atoms with van der Waals surface area (Å²) >= 11 is 1.58. The molecule has 0 unspecified atom stereocenters. The molecule has 4 heterocycles. The molecule has 0 N–H and O–H groups in total. The maximum atomic E-state index is 6.04. The molecule has 8 nitrogen and oxygen atoms in total. The van der Waals surface area contributed by atoms with Gasteiger partial charge in [0.1, 0.15) is 11.9 Å². The number of thiophene rings is 1. The van der Waals surface area contributed by atoms with Crippen molar-refractivity contribution in [2.24, 2.45) is 0 Å². The van der Waals surface area contributed by atoms with Crippen LogP contribution in [0.15, 0.2) is 45.6 Å². The van der Waals surface area contributed by atoms with Gasteiger partial charge in [0.2, 0.25) is 5.82 Å². The van der Waals surface area contributed by atoms with Crippen molar-refractivity contribution in [2.45, 2.75) is 19.3 Å². The van der Waals surface area contributed by atoms with Gasteiger partial charge < -0.3 is 14.0 Å². The van der Waals surface area contributed by atoms with E-state index < -0.39 is 0 Å². The first-order valence-corrected chi connectivity index (χ1v) is 9.30. The van der Waals surface area contributed by atoms with Crippen molar-refractivity contribution in [2.75, 3.05) is 7.11 Å². The smallest absolute Gasteiger partial charge is 0.259 e. The molecule has 0 aliphatic carbocycles. The Morgan fingerprint density at radius 1 is 1.22 bits per heavy atom. The van der Waals surface area contributed by atoms with Crippen LogP contribution in [0.5, 0.6) is 5.75 Å². The van der Waals surface area contributed by atoms with Crippen LogP contribution in [-0.4, -0.2) is 32.2 Å². The van der Waals surface area contributed by atoms with Crippen molar-refractivity contribution < 1.29 is 14.0 Å². The molecule has 5 rings (SSSR count). The standard InChI is InChI=1S/C18H15N5O3S/c1-24-13-4-2-11(3-5-13)15-8-23-14(9-25-15)16(20-22-23)17-19-18(26-21-17)12-6-7-27-10-12/h2-7,10,15H,8-9H2,1H3/t15-/m1/s1. The molecular weight excluding hydrogens is 366 g/mol. The highest BCUT2D eigenvalue weighted by Gasteiger charge is 2.27. The van der Waals surface area contributed by atoms with Gasteiger partial charge in [-0.3, -0.25) is 0 Å². The van der Waals surface area contributed by atoms with Gasteiger partial charge in [0.15, 0.2) is 5.69 Å². The molecule has 0 fully saturated rings. The van der Waals surface area contributed by atoms with E-state index in [1.165, 1.54) is 0 Å². The maximum absolute atomic E-state index is 6.04. The van der Waals surface area contributed by atoms with Crippen LogP contribution >= 0.6 is 11.3 Å². The van der Waals surface area contributed by atoms with Crippen LogP contribution in [-0.2, 0) is 17.9 Å². The number of aromatic nitrogens is 5. The predicted molar refractivity (Wildman–Crippen MR) is 97.2 cm³/mol. The van der Waals surface area contributed by atoms with Crippen LogP contribution in [0.1, 0.15) is 17.4 Å².